The second kappa shape index (κ2) is 14.9. The Kier molecular flexibility index (Phi) is 12.4. The maximum absolute atomic E-state index is 5.84. The van der Waals surface area contributed by atoms with Crippen LogP contribution >= 0.6 is 31.9 Å². The third-order valence-electron chi connectivity index (χ3n) is 4.64. The van der Waals surface area contributed by atoms with Gasteiger partial charge in [-0.2, -0.15) is 0 Å². The lowest BCUT2D eigenvalue weighted by Crippen LogP contribution is -1.97. The van der Waals surface area contributed by atoms with E-state index in [0.29, 0.717) is 0 Å². The zero-order valence-corrected chi connectivity index (χ0v) is 19.8. The van der Waals surface area contributed by atoms with Gasteiger partial charge in [0.15, 0.2) is 0 Å². The minimum atomic E-state index is 0.795. The first-order valence-corrected chi connectivity index (χ1v) is 12.7. The van der Waals surface area contributed by atoms with E-state index in [9.17, 15) is 0 Å². The van der Waals surface area contributed by atoms with Crippen LogP contribution in [0.15, 0.2) is 48.5 Å². The summed E-state index contributed by atoms with van der Waals surface area (Å²) in [5, 5.41) is 2.19. The van der Waals surface area contributed by atoms with E-state index >= 15 is 0 Å². The molecular weight excluding hydrogens is 480 g/mol. The number of ether oxygens (including phenoxy) is 2. The van der Waals surface area contributed by atoms with Crippen LogP contribution in [0, 0.1) is 0 Å². The molecule has 154 valence electrons. The van der Waals surface area contributed by atoms with Gasteiger partial charge in [-0.25, -0.2) is 0 Å². The molecule has 2 nitrogen and oxygen atoms in total. The molecule has 0 saturated heterocycles. The number of unbranched alkanes of at least 4 members (excludes halogenated alkanes) is 6. The van der Waals surface area contributed by atoms with E-state index in [0.717, 1.165) is 48.2 Å². The van der Waals surface area contributed by atoms with Crippen molar-refractivity contribution in [2.24, 2.45) is 0 Å². The monoisotopic (exact) mass is 510 g/mol. The largest absolute Gasteiger partial charge is 0.494 e. The molecule has 0 fully saturated rings. The van der Waals surface area contributed by atoms with Crippen molar-refractivity contribution < 1.29 is 9.47 Å². The van der Waals surface area contributed by atoms with Gasteiger partial charge < -0.3 is 9.47 Å². The zero-order chi connectivity index (χ0) is 19.9. The Hall–Kier alpha value is -1.00. The van der Waals surface area contributed by atoms with Crippen LogP contribution in [0.25, 0.3) is 11.1 Å². The van der Waals surface area contributed by atoms with Gasteiger partial charge in [-0.3, -0.25) is 0 Å². The Balaban J connectivity index is 1.71. The molecule has 0 aliphatic carbocycles. The molecule has 2 aromatic rings. The summed E-state index contributed by atoms with van der Waals surface area (Å²) in [7, 11) is 0. The van der Waals surface area contributed by atoms with Crippen molar-refractivity contribution in [3.8, 4) is 22.6 Å². The van der Waals surface area contributed by atoms with Gasteiger partial charge in [0.1, 0.15) is 11.5 Å². The molecule has 0 bridgehead atoms. The van der Waals surface area contributed by atoms with E-state index in [-0.39, 0.29) is 0 Å². The van der Waals surface area contributed by atoms with Crippen LogP contribution in [0.2, 0.25) is 0 Å². The molecule has 2 rings (SSSR count). The highest BCUT2D eigenvalue weighted by atomic mass is 79.9. The zero-order valence-electron chi connectivity index (χ0n) is 16.7. The molecule has 0 saturated carbocycles. The first-order valence-electron chi connectivity index (χ1n) is 10.4. The van der Waals surface area contributed by atoms with Gasteiger partial charge in [-0.05, 0) is 61.1 Å². The Morgan fingerprint density at radius 3 is 1.18 bits per heavy atom. The Morgan fingerprint density at radius 2 is 0.821 bits per heavy atom. The van der Waals surface area contributed by atoms with Gasteiger partial charge in [0.05, 0.1) is 13.2 Å². The van der Waals surface area contributed by atoms with Gasteiger partial charge in [-0.15, -0.1) is 0 Å². The lowest BCUT2D eigenvalue weighted by atomic mass is 10.1. The van der Waals surface area contributed by atoms with Crippen LogP contribution in [-0.2, 0) is 0 Å². The fraction of sp³-hybridized carbons (Fsp3) is 0.500. The number of benzene rings is 2. The van der Waals surface area contributed by atoms with Crippen molar-refractivity contribution >= 4 is 31.9 Å². The van der Waals surface area contributed by atoms with Crippen molar-refractivity contribution in [2.75, 3.05) is 23.9 Å². The molecule has 0 amide bonds. The molecule has 0 radical (unpaired) electrons. The summed E-state index contributed by atoms with van der Waals surface area (Å²) < 4.78 is 11.7. The first-order chi connectivity index (χ1) is 13.8. The predicted octanol–water partition coefficient (Wildman–Crippen LogP) is 8.02. The molecule has 0 heterocycles. The normalized spacial score (nSPS) is 10.8. The summed E-state index contributed by atoms with van der Waals surface area (Å²) in [5.41, 5.74) is 2.40. The van der Waals surface area contributed by atoms with Crippen LogP contribution in [0.4, 0.5) is 0 Å². The van der Waals surface area contributed by atoms with Crippen molar-refractivity contribution in [1.29, 1.82) is 0 Å². The average molecular weight is 512 g/mol. The average Bonchev–Trinajstić information content (AvgIpc) is 2.74. The fourth-order valence-corrected chi connectivity index (χ4v) is 3.76. The van der Waals surface area contributed by atoms with E-state index < -0.39 is 0 Å². The van der Waals surface area contributed by atoms with Gasteiger partial charge in [-0.1, -0.05) is 81.8 Å². The molecule has 0 N–H and O–H groups in total. The second-order valence-corrected chi connectivity index (χ2v) is 8.54. The second-order valence-electron chi connectivity index (χ2n) is 6.95. The molecule has 0 atom stereocenters. The maximum atomic E-state index is 5.84. The topological polar surface area (TPSA) is 18.5 Å². The fourth-order valence-electron chi connectivity index (χ4n) is 2.97. The molecule has 0 unspecified atom stereocenters. The van der Waals surface area contributed by atoms with Gasteiger partial charge in [0.25, 0.3) is 0 Å². The Labute approximate surface area is 187 Å². The summed E-state index contributed by atoms with van der Waals surface area (Å²) in [4.78, 5) is 0. The third kappa shape index (κ3) is 9.47. The van der Waals surface area contributed by atoms with E-state index in [1.165, 1.54) is 49.7 Å². The minimum absolute atomic E-state index is 0.795. The number of hydrogen-bond donors (Lipinski definition) is 0. The lowest BCUT2D eigenvalue weighted by molar-refractivity contribution is 0.305. The summed E-state index contributed by atoms with van der Waals surface area (Å²) in [5.74, 6) is 1.90. The van der Waals surface area contributed by atoms with Gasteiger partial charge >= 0.3 is 0 Å². The molecule has 0 aliphatic heterocycles. The van der Waals surface area contributed by atoms with Crippen molar-refractivity contribution in [3.63, 3.8) is 0 Å². The van der Waals surface area contributed by atoms with E-state index in [1.54, 1.807) is 0 Å². The minimum Gasteiger partial charge on any atom is -0.494 e. The quantitative estimate of drug-likeness (QED) is 0.178. The van der Waals surface area contributed by atoms with Crippen LogP contribution in [-0.4, -0.2) is 23.9 Å². The van der Waals surface area contributed by atoms with Crippen molar-refractivity contribution in [1.82, 2.24) is 0 Å². The summed E-state index contributed by atoms with van der Waals surface area (Å²) in [6.07, 6.45) is 9.73. The maximum Gasteiger partial charge on any atom is 0.119 e. The number of hydrogen-bond acceptors (Lipinski definition) is 2. The number of rotatable bonds is 15. The highest BCUT2D eigenvalue weighted by Crippen LogP contribution is 2.25. The van der Waals surface area contributed by atoms with Crippen LogP contribution in [0.1, 0.15) is 51.4 Å². The predicted molar refractivity (Wildman–Crippen MR) is 127 cm³/mol. The van der Waals surface area contributed by atoms with Gasteiger partial charge in [0.2, 0.25) is 0 Å². The van der Waals surface area contributed by atoms with E-state index in [4.69, 9.17) is 9.47 Å². The van der Waals surface area contributed by atoms with Crippen LogP contribution in [0.3, 0.4) is 0 Å². The molecule has 0 spiro atoms. The molecule has 2 aromatic carbocycles. The Bertz CT molecular complexity index is 569. The summed E-state index contributed by atoms with van der Waals surface area (Å²) in [6.45, 7) is 1.59. The molecule has 0 aliphatic rings. The SMILES string of the molecule is BrCCCCCCOc1ccc(-c2ccc(OCCCCCCBr)cc2)cc1. The number of alkyl halides is 2. The summed E-state index contributed by atoms with van der Waals surface area (Å²) in [6, 6.07) is 16.7. The number of halogens is 2. The smallest absolute Gasteiger partial charge is 0.119 e. The van der Waals surface area contributed by atoms with Crippen molar-refractivity contribution in [2.45, 2.75) is 51.4 Å². The van der Waals surface area contributed by atoms with Crippen LogP contribution in [0.5, 0.6) is 11.5 Å². The third-order valence-corrected chi connectivity index (χ3v) is 5.76. The Morgan fingerprint density at radius 1 is 0.464 bits per heavy atom. The molecular formula is C24H32Br2O2. The highest BCUT2D eigenvalue weighted by molar-refractivity contribution is 9.09. The molecule has 0 aromatic heterocycles. The first kappa shape index (κ1) is 23.3. The standard InChI is InChI=1S/C24H32Br2O2/c25-17-5-1-3-7-19-27-23-13-9-21(10-14-23)22-11-15-24(16-12-22)28-20-8-4-2-6-18-26/h9-16H,1-8,17-20H2. The lowest BCUT2D eigenvalue weighted by Gasteiger charge is -2.09. The van der Waals surface area contributed by atoms with E-state index in [1.807, 2.05) is 0 Å². The van der Waals surface area contributed by atoms with Crippen LogP contribution < -0.4 is 9.47 Å². The van der Waals surface area contributed by atoms with Gasteiger partial charge in [0, 0.05) is 10.7 Å². The van der Waals surface area contributed by atoms with E-state index in [2.05, 4.69) is 80.4 Å². The summed E-state index contributed by atoms with van der Waals surface area (Å²) >= 11 is 6.93. The van der Waals surface area contributed by atoms with Crippen molar-refractivity contribution in [3.05, 3.63) is 48.5 Å². The highest BCUT2D eigenvalue weighted by Gasteiger charge is 2.01. The molecule has 4 heteroatoms. The molecule has 28 heavy (non-hydrogen) atoms.